The molecular formula is C14H13NO5. The van der Waals surface area contributed by atoms with Crippen molar-refractivity contribution >= 4 is 11.7 Å². The van der Waals surface area contributed by atoms with Gasteiger partial charge in [-0.1, -0.05) is 0 Å². The molecule has 0 atom stereocenters. The average Bonchev–Trinajstić information content (AvgIpc) is 2.75. The molecule has 0 aliphatic rings. The van der Waals surface area contributed by atoms with Crippen LogP contribution in [0.15, 0.2) is 34.7 Å². The molecule has 0 saturated carbocycles. The van der Waals surface area contributed by atoms with Gasteiger partial charge in [-0.25, -0.2) is 4.79 Å². The molecular weight excluding hydrogens is 262 g/mol. The topological polar surface area (TPSA) is 82.6 Å². The van der Waals surface area contributed by atoms with E-state index in [1.165, 1.54) is 12.1 Å². The summed E-state index contributed by atoms with van der Waals surface area (Å²) in [6, 6.07) is 7.47. The van der Waals surface area contributed by atoms with Gasteiger partial charge in [0, 0.05) is 12.1 Å². The SMILES string of the molecule is Cc1cc(C(=O)OCc2ccc([N+](=O)[O-])cc2)c(C)o1. The van der Waals surface area contributed by atoms with Crippen molar-refractivity contribution < 1.29 is 18.9 Å². The summed E-state index contributed by atoms with van der Waals surface area (Å²) in [7, 11) is 0. The minimum atomic E-state index is -0.479. The highest BCUT2D eigenvalue weighted by Crippen LogP contribution is 2.16. The standard InChI is InChI=1S/C14H13NO5/c1-9-7-13(10(2)20-9)14(16)19-8-11-3-5-12(6-4-11)15(17)18/h3-7H,8H2,1-2H3. The van der Waals surface area contributed by atoms with Crippen molar-refractivity contribution in [1.29, 1.82) is 0 Å². The van der Waals surface area contributed by atoms with Crippen molar-refractivity contribution in [3.8, 4) is 0 Å². The van der Waals surface area contributed by atoms with Crippen LogP contribution in [0, 0.1) is 24.0 Å². The zero-order valence-corrected chi connectivity index (χ0v) is 11.1. The molecule has 0 fully saturated rings. The number of furan rings is 1. The summed E-state index contributed by atoms with van der Waals surface area (Å²) in [6.07, 6.45) is 0. The Labute approximate surface area is 115 Å². The number of hydrogen-bond donors (Lipinski definition) is 0. The molecule has 0 N–H and O–H groups in total. The number of aryl methyl sites for hydroxylation is 2. The van der Waals surface area contributed by atoms with Gasteiger partial charge < -0.3 is 9.15 Å². The molecule has 2 rings (SSSR count). The predicted octanol–water partition coefficient (Wildman–Crippen LogP) is 3.16. The Morgan fingerprint density at radius 3 is 2.45 bits per heavy atom. The molecule has 0 unspecified atom stereocenters. The largest absolute Gasteiger partial charge is 0.466 e. The number of esters is 1. The van der Waals surface area contributed by atoms with Crippen LogP contribution < -0.4 is 0 Å². The Morgan fingerprint density at radius 1 is 1.30 bits per heavy atom. The highest BCUT2D eigenvalue weighted by Gasteiger charge is 2.15. The zero-order chi connectivity index (χ0) is 14.7. The number of ether oxygens (including phenoxy) is 1. The van der Waals surface area contributed by atoms with Gasteiger partial charge in [-0.2, -0.15) is 0 Å². The fourth-order valence-electron chi connectivity index (χ4n) is 1.77. The normalized spacial score (nSPS) is 10.3. The smallest absolute Gasteiger partial charge is 0.342 e. The summed E-state index contributed by atoms with van der Waals surface area (Å²) in [5.74, 6) is 0.679. The summed E-state index contributed by atoms with van der Waals surface area (Å²) in [5, 5.41) is 10.5. The van der Waals surface area contributed by atoms with E-state index in [1.54, 1.807) is 32.0 Å². The Bertz CT molecular complexity index is 642. The van der Waals surface area contributed by atoms with Crippen LogP contribution >= 0.6 is 0 Å². The third-order valence-electron chi connectivity index (χ3n) is 2.78. The summed E-state index contributed by atoms with van der Waals surface area (Å²) in [5.41, 5.74) is 1.08. The molecule has 2 aromatic rings. The fourth-order valence-corrected chi connectivity index (χ4v) is 1.77. The quantitative estimate of drug-likeness (QED) is 0.486. The van der Waals surface area contributed by atoms with E-state index in [0.29, 0.717) is 22.6 Å². The van der Waals surface area contributed by atoms with Crippen LogP contribution in [-0.4, -0.2) is 10.9 Å². The number of non-ortho nitro benzene ring substituents is 1. The van der Waals surface area contributed by atoms with Gasteiger partial charge in [-0.15, -0.1) is 0 Å². The Morgan fingerprint density at radius 2 is 1.95 bits per heavy atom. The fraction of sp³-hybridized carbons (Fsp3) is 0.214. The van der Waals surface area contributed by atoms with Crippen molar-refractivity contribution in [3.05, 3.63) is 63.1 Å². The molecule has 104 valence electrons. The molecule has 0 saturated heterocycles. The first-order valence-electron chi connectivity index (χ1n) is 5.95. The molecule has 20 heavy (non-hydrogen) atoms. The lowest BCUT2D eigenvalue weighted by Gasteiger charge is -2.03. The molecule has 0 aliphatic carbocycles. The summed E-state index contributed by atoms with van der Waals surface area (Å²) >= 11 is 0. The van der Waals surface area contributed by atoms with E-state index in [4.69, 9.17) is 9.15 Å². The summed E-state index contributed by atoms with van der Waals surface area (Å²) in [4.78, 5) is 21.9. The van der Waals surface area contributed by atoms with Gasteiger partial charge in [0.2, 0.25) is 0 Å². The first kappa shape index (κ1) is 13.8. The molecule has 0 bridgehead atoms. The number of carbonyl (C=O) groups is 1. The Hall–Kier alpha value is -2.63. The second kappa shape index (κ2) is 5.56. The van der Waals surface area contributed by atoms with Gasteiger partial charge in [0.25, 0.3) is 5.69 Å². The van der Waals surface area contributed by atoms with Crippen LogP contribution in [0.25, 0.3) is 0 Å². The van der Waals surface area contributed by atoms with Crippen LogP contribution in [0.3, 0.4) is 0 Å². The minimum absolute atomic E-state index is 0.00128. The molecule has 6 nitrogen and oxygen atoms in total. The number of benzene rings is 1. The van der Waals surface area contributed by atoms with E-state index in [0.717, 1.165) is 0 Å². The maximum atomic E-state index is 11.8. The number of nitro groups is 1. The lowest BCUT2D eigenvalue weighted by atomic mass is 10.2. The van der Waals surface area contributed by atoms with E-state index >= 15 is 0 Å². The molecule has 0 radical (unpaired) electrons. The average molecular weight is 275 g/mol. The second-order valence-electron chi connectivity index (χ2n) is 4.33. The minimum Gasteiger partial charge on any atom is -0.466 e. The van der Waals surface area contributed by atoms with Crippen molar-refractivity contribution in [1.82, 2.24) is 0 Å². The first-order chi connectivity index (χ1) is 9.47. The Kier molecular flexibility index (Phi) is 3.84. The van der Waals surface area contributed by atoms with Gasteiger partial charge >= 0.3 is 5.97 Å². The van der Waals surface area contributed by atoms with Gasteiger partial charge in [0.15, 0.2) is 0 Å². The van der Waals surface area contributed by atoms with E-state index in [2.05, 4.69) is 0 Å². The zero-order valence-electron chi connectivity index (χ0n) is 11.1. The highest BCUT2D eigenvalue weighted by molar-refractivity contribution is 5.90. The highest BCUT2D eigenvalue weighted by atomic mass is 16.6. The number of hydrogen-bond acceptors (Lipinski definition) is 5. The van der Waals surface area contributed by atoms with E-state index in [9.17, 15) is 14.9 Å². The number of carbonyl (C=O) groups excluding carboxylic acids is 1. The van der Waals surface area contributed by atoms with Crippen LogP contribution in [0.1, 0.15) is 27.4 Å². The third-order valence-corrected chi connectivity index (χ3v) is 2.78. The van der Waals surface area contributed by atoms with E-state index < -0.39 is 10.9 Å². The van der Waals surface area contributed by atoms with Crippen LogP contribution in [0.5, 0.6) is 0 Å². The lowest BCUT2D eigenvalue weighted by molar-refractivity contribution is -0.384. The third kappa shape index (κ3) is 3.03. The van der Waals surface area contributed by atoms with Gasteiger partial charge in [-0.3, -0.25) is 10.1 Å². The van der Waals surface area contributed by atoms with Gasteiger partial charge in [0.05, 0.1) is 4.92 Å². The van der Waals surface area contributed by atoms with Crippen LogP contribution in [0.4, 0.5) is 5.69 Å². The maximum absolute atomic E-state index is 11.8. The van der Waals surface area contributed by atoms with Crippen molar-refractivity contribution in [2.24, 2.45) is 0 Å². The predicted molar refractivity (Wildman–Crippen MR) is 70.4 cm³/mol. The first-order valence-corrected chi connectivity index (χ1v) is 5.95. The lowest BCUT2D eigenvalue weighted by Crippen LogP contribution is -2.05. The number of rotatable bonds is 4. The molecule has 0 spiro atoms. The van der Waals surface area contributed by atoms with Crippen molar-refractivity contribution in [2.75, 3.05) is 0 Å². The summed E-state index contributed by atoms with van der Waals surface area (Å²) < 4.78 is 10.4. The van der Waals surface area contributed by atoms with E-state index in [-0.39, 0.29) is 12.3 Å². The van der Waals surface area contributed by atoms with Gasteiger partial charge in [0.1, 0.15) is 23.7 Å². The molecule has 0 aliphatic heterocycles. The maximum Gasteiger partial charge on any atom is 0.342 e. The molecule has 1 aromatic carbocycles. The molecule has 6 heteroatoms. The van der Waals surface area contributed by atoms with Gasteiger partial charge in [-0.05, 0) is 37.6 Å². The Balaban J connectivity index is 2.00. The second-order valence-corrected chi connectivity index (χ2v) is 4.33. The van der Waals surface area contributed by atoms with Crippen LogP contribution in [0.2, 0.25) is 0 Å². The summed E-state index contributed by atoms with van der Waals surface area (Å²) in [6.45, 7) is 3.50. The monoisotopic (exact) mass is 275 g/mol. The molecule has 0 amide bonds. The molecule has 1 aromatic heterocycles. The number of nitro benzene ring substituents is 1. The molecule has 1 heterocycles. The van der Waals surface area contributed by atoms with Crippen molar-refractivity contribution in [3.63, 3.8) is 0 Å². The number of nitrogens with zero attached hydrogens (tertiary/aromatic N) is 1. The van der Waals surface area contributed by atoms with E-state index in [1.807, 2.05) is 0 Å². The van der Waals surface area contributed by atoms with Crippen molar-refractivity contribution in [2.45, 2.75) is 20.5 Å². The van der Waals surface area contributed by atoms with Crippen LogP contribution in [-0.2, 0) is 11.3 Å².